The van der Waals surface area contributed by atoms with Crippen molar-refractivity contribution in [3.05, 3.63) is 12.2 Å². The first-order chi connectivity index (χ1) is 4.66. The van der Waals surface area contributed by atoms with Crippen molar-refractivity contribution in [3.63, 3.8) is 0 Å². The lowest BCUT2D eigenvalue weighted by Gasteiger charge is -1.89. The number of rotatable bonds is 4. The molecular formula is C7H10O3. The van der Waals surface area contributed by atoms with Crippen LogP contribution < -0.4 is 0 Å². The van der Waals surface area contributed by atoms with Gasteiger partial charge >= 0.3 is 5.97 Å². The molecule has 0 aromatic heterocycles. The molecule has 0 saturated heterocycles. The van der Waals surface area contributed by atoms with Crippen LogP contribution in [-0.4, -0.2) is 17.4 Å². The molecule has 3 nitrogen and oxygen atoms in total. The normalized spacial score (nSPS) is 13.3. The van der Waals surface area contributed by atoms with Gasteiger partial charge in [0.25, 0.3) is 0 Å². The molecule has 0 aliphatic rings. The van der Waals surface area contributed by atoms with E-state index in [1.54, 1.807) is 13.0 Å². The van der Waals surface area contributed by atoms with E-state index in [2.05, 4.69) is 0 Å². The van der Waals surface area contributed by atoms with Crippen LogP contribution in [0.5, 0.6) is 0 Å². The number of carboxylic acid groups (broad SMARTS) is 1. The van der Waals surface area contributed by atoms with Crippen molar-refractivity contribution in [1.82, 2.24) is 0 Å². The number of hydrogen-bond donors (Lipinski definition) is 1. The van der Waals surface area contributed by atoms with Gasteiger partial charge in [-0.05, 0) is 0 Å². The Morgan fingerprint density at radius 1 is 1.70 bits per heavy atom. The molecule has 0 aromatic rings. The zero-order chi connectivity index (χ0) is 7.98. The molecule has 0 aromatic carbocycles. The third-order valence-corrected chi connectivity index (χ3v) is 0.947. The molecule has 0 aliphatic carbocycles. The summed E-state index contributed by atoms with van der Waals surface area (Å²) in [5, 5.41) is 8.16. The number of aliphatic carboxylic acids is 1. The van der Waals surface area contributed by atoms with Gasteiger partial charge in [-0.15, -0.1) is 0 Å². The zero-order valence-electron chi connectivity index (χ0n) is 5.78. The van der Waals surface area contributed by atoms with E-state index in [1.165, 1.54) is 6.08 Å². The molecule has 1 unspecified atom stereocenters. The van der Waals surface area contributed by atoms with E-state index in [0.29, 0.717) is 0 Å². The van der Waals surface area contributed by atoms with Crippen molar-refractivity contribution < 1.29 is 14.7 Å². The fourth-order valence-electron chi connectivity index (χ4n) is 0.429. The minimum Gasteiger partial charge on any atom is -0.481 e. The number of carbonyl (C=O) groups excluding carboxylic acids is 1. The van der Waals surface area contributed by atoms with Gasteiger partial charge in [-0.1, -0.05) is 19.1 Å². The van der Waals surface area contributed by atoms with Crippen molar-refractivity contribution >= 4 is 12.3 Å². The van der Waals surface area contributed by atoms with E-state index in [0.717, 1.165) is 6.29 Å². The molecule has 56 valence electrons. The van der Waals surface area contributed by atoms with Gasteiger partial charge in [-0.2, -0.15) is 0 Å². The van der Waals surface area contributed by atoms with E-state index in [1.807, 2.05) is 0 Å². The predicted octanol–water partition coefficient (Wildman–Crippen LogP) is 0.852. The minimum absolute atomic E-state index is 0.0157. The van der Waals surface area contributed by atoms with Crippen LogP contribution >= 0.6 is 0 Å². The van der Waals surface area contributed by atoms with Crippen LogP contribution in [0.1, 0.15) is 13.3 Å². The van der Waals surface area contributed by atoms with E-state index < -0.39 is 5.97 Å². The summed E-state index contributed by atoms with van der Waals surface area (Å²) >= 11 is 0. The van der Waals surface area contributed by atoms with Gasteiger partial charge in [0.2, 0.25) is 0 Å². The summed E-state index contributed by atoms with van der Waals surface area (Å²) in [5.41, 5.74) is 0. The maximum atomic E-state index is 9.98. The average molecular weight is 142 g/mol. The van der Waals surface area contributed by atoms with Crippen LogP contribution in [-0.2, 0) is 9.59 Å². The first kappa shape index (κ1) is 8.88. The Morgan fingerprint density at radius 2 is 2.30 bits per heavy atom. The molecule has 3 heteroatoms. The van der Waals surface area contributed by atoms with Gasteiger partial charge in [-0.25, -0.2) is 0 Å². The van der Waals surface area contributed by atoms with Gasteiger partial charge in [-0.3, -0.25) is 4.79 Å². The zero-order valence-corrected chi connectivity index (χ0v) is 5.78. The molecular weight excluding hydrogens is 132 g/mol. The van der Waals surface area contributed by atoms with Crippen LogP contribution in [0, 0.1) is 5.92 Å². The van der Waals surface area contributed by atoms with Crippen LogP contribution in [0.3, 0.4) is 0 Å². The Bertz CT molecular complexity index is 149. The lowest BCUT2D eigenvalue weighted by atomic mass is 10.2. The fourth-order valence-corrected chi connectivity index (χ4v) is 0.429. The molecule has 1 atom stereocenters. The van der Waals surface area contributed by atoms with Crippen molar-refractivity contribution in [1.29, 1.82) is 0 Å². The van der Waals surface area contributed by atoms with E-state index in [-0.39, 0.29) is 12.3 Å². The Morgan fingerprint density at radius 3 is 2.70 bits per heavy atom. The number of aldehydes is 1. The maximum Gasteiger partial charge on any atom is 0.307 e. The summed E-state index contributed by atoms with van der Waals surface area (Å²) in [6, 6.07) is 0. The highest BCUT2D eigenvalue weighted by Gasteiger charge is 1.92. The SMILES string of the molecule is CC(C=O)C=CCC(=O)O. The van der Waals surface area contributed by atoms with Gasteiger partial charge in [0.05, 0.1) is 6.42 Å². The highest BCUT2D eigenvalue weighted by molar-refractivity contribution is 5.68. The molecule has 1 N–H and O–H groups in total. The number of hydrogen-bond acceptors (Lipinski definition) is 2. The average Bonchev–Trinajstić information content (AvgIpc) is 1.87. The molecule has 0 heterocycles. The van der Waals surface area contributed by atoms with Crippen molar-refractivity contribution in [2.24, 2.45) is 5.92 Å². The molecule has 0 fully saturated rings. The Kier molecular flexibility index (Phi) is 4.20. The fraction of sp³-hybridized carbons (Fsp3) is 0.429. The topological polar surface area (TPSA) is 54.4 Å². The Labute approximate surface area is 59.4 Å². The molecule has 0 saturated carbocycles. The summed E-state index contributed by atoms with van der Waals surface area (Å²) in [4.78, 5) is 19.9. The van der Waals surface area contributed by atoms with E-state index in [4.69, 9.17) is 5.11 Å². The molecule has 10 heavy (non-hydrogen) atoms. The summed E-state index contributed by atoms with van der Waals surface area (Å²) in [7, 11) is 0. The van der Waals surface area contributed by atoms with Gasteiger partial charge in [0.1, 0.15) is 6.29 Å². The first-order valence-electron chi connectivity index (χ1n) is 3.00. The second-order valence-corrected chi connectivity index (χ2v) is 2.02. The molecule has 0 bridgehead atoms. The maximum absolute atomic E-state index is 9.98. The number of carbonyl (C=O) groups is 2. The van der Waals surface area contributed by atoms with E-state index in [9.17, 15) is 9.59 Å². The molecule has 0 radical (unpaired) electrons. The Balaban J connectivity index is 3.55. The summed E-state index contributed by atoms with van der Waals surface area (Å²) in [6.45, 7) is 1.70. The van der Waals surface area contributed by atoms with Crippen LogP contribution in [0.2, 0.25) is 0 Å². The summed E-state index contributed by atoms with van der Waals surface area (Å²) in [6.07, 6.45) is 3.79. The second kappa shape index (κ2) is 4.73. The smallest absolute Gasteiger partial charge is 0.307 e. The number of carboxylic acids is 1. The van der Waals surface area contributed by atoms with Crippen LogP contribution in [0.15, 0.2) is 12.2 Å². The quantitative estimate of drug-likeness (QED) is 0.467. The molecule has 0 rings (SSSR count). The van der Waals surface area contributed by atoms with Gasteiger partial charge < -0.3 is 9.90 Å². The summed E-state index contributed by atoms with van der Waals surface area (Å²) < 4.78 is 0. The van der Waals surface area contributed by atoms with E-state index >= 15 is 0 Å². The third kappa shape index (κ3) is 5.03. The standard InChI is InChI=1S/C7H10O3/c1-6(5-8)3-2-4-7(9)10/h2-3,5-6H,4H2,1H3,(H,9,10). The van der Waals surface area contributed by atoms with Crippen molar-refractivity contribution in [2.45, 2.75) is 13.3 Å². The predicted molar refractivity (Wildman–Crippen MR) is 36.6 cm³/mol. The van der Waals surface area contributed by atoms with Gasteiger partial charge in [0.15, 0.2) is 0 Å². The monoisotopic (exact) mass is 142 g/mol. The molecule has 0 amide bonds. The van der Waals surface area contributed by atoms with Crippen LogP contribution in [0.25, 0.3) is 0 Å². The summed E-state index contributed by atoms with van der Waals surface area (Å²) in [5.74, 6) is -1.06. The number of allylic oxidation sites excluding steroid dienone is 1. The third-order valence-electron chi connectivity index (χ3n) is 0.947. The van der Waals surface area contributed by atoms with Gasteiger partial charge in [0, 0.05) is 5.92 Å². The lowest BCUT2D eigenvalue weighted by Crippen LogP contribution is -1.93. The molecule has 0 aliphatic heterocycles. The van der Waals surface area contributed by atoms with Crippen LogP contribution in [0.4, 0.5) is 0 Å². The largest absolute Gasteiger partial charge is 0.481 e. The van der Waals surface area contributed by atoms with Crippen molar-refractivity contribution in [2.75, 3.05) is 0 Å². The first-order valence-corrected chi connectivity index (χ1v) is 3.00. The van der Waals surface area contributed by atoms with Crippen molar-refractivity contribution in [3.8, 4) is 0 Å². The second-order valence-electron chi connectivity index (χ2n) is 2.02. The highest BCUT2D eigenvalue weighted by Crippen LogP contribution is 1.92. The molecule has 0 spiro atoms. The highest BCUT2D eigenvalue weighted by atomic mass is 16.4. The minimum atomic E-state index is -0.880. The Hall–Kier alpha value is -1.12. The lowest BCUT2D eigenvalue weighted by molar-refractivity contribution is -0.136.